The highest BCUT2D eigenvalue weighted by Gasteiger charge is 2.19. The van der Waals surface area contributed by atoms with Crippen LogP contribution in [0.4, 0.5) is 0 Å². The first-order valence-corrected chi connectivity index (χ1v) is 26.6. The van der Waals surface area contributed by atoms with Gasteiger partial charge in [-0.2, -0.15) is 0 Å². The molecule has 0 spiro atoms. The van der Waals surface area contributed by atoms with E-state index >= 15 is 0 Å². The van der Waals surface area contributed by atoms with E-state index in [4.69, 9.17) is 14.2 Å². The van der Waals surface area contributed by atoms with E-state index in [0.717, 1.165) is 96.3 Å². The van der Waals surface area contributed by atoms with Crippen molar-refractivity contribution in [2.24, 2.45) is 0 Å². The number of unbranched alkanes of at least 4 members (excludes halogenated alkanes) is 23. The Morgan fingerprint density at radius 3 is 1.02 bits per heavy atom. The van der Waals surface area contributed by atoms with Gasteiger partial charge in [-0.1, -0.05) is 215 Å². The van der Waals surface area contributed by atoms with Crippen LogP contribution in [0.1, 0.15) is 245 Å². The molecule has 0 bridgehead atoms. The molecule has 0 aliphatic carbocycles. The molecule has 0 rings (SSSR count). The molecule has 0 heterocycles. The molecule has 0 aliphatic heterocycles. The maximum Gasteiger partial charge on any atom is 0.310 e. The molecule has 1 atom stereocenters. The first-order chi connectivity index (χ1) is 31.5. The Morgan fingerprint density at radius 2 is 0.656 bits per heavy atom. The number of rotatable bonds is 47. The minimum Gasteiger partial charge on any atom is -0.462 e. The van der Waals surface area contributed by atoms with Crippen LogP contribution in [-0.2, 0) is 28.6 Å². The number of hydrogen-bond donors (Lipinski definition) is 0. The van der Waals surface area contributed by atoms with Crippen LogP contribution in [0.15, 0.2) is 85.1 Å². The maximum atomic E-state index is 12.7. The van der Waals surface area contributed by atoms with Crippen molar-refractivity contribution < 1.29 is 28.6 Å². The predicted octanol–water partition coefficient (Wildman–Crippen LogP) is 17.6. The normalized spacial score (nSPS) is 12.7. The smallest absolute Gasteiger partial charge is 0.310 e. The second kappa shape index (κ2) is 52.2. The number of carbonyl (C=O) groups excluding carboxylic acids is 3. The van der Waals surface area contributed by atoms with Gasteiger partial charge in [-0.05, 0) is 96.3 Å². The molecule has 6 heteroatoms. The summed E-state index contributed by atoms with van der Waals surface area (Å²) >= 11 is 0. The Morgan fingerprint density at radius 1 is 0.344 bits per heavy atom. The summed E-state index contributed by atoms with van der Waals surface area (Å²) in [5.41, 5.74) is 0. The zero-order valence-electron chi connectivity index (χ0n) is 41.8. The summed E-state index contributed by atoms with van der Waals surface area (Å²) in [6, 6.07) is 0. The number of hydrogen-bond acceptors (Lipinski definition) is 6. The third-order valence-corrected chi connectivity index (χ3v) is 11.1. The lowest BCUT2D eigenvalue weighted by molar-refractivity contribution is -0.166. The van der Waals surface area contributed by atoms with Gasteiger partial charge in [-0.25, -0.2) is 0 Å². The van der Waals surface area contributed by atoms with Crippen molar-refractivity contribution in [3.05, 3.63) is 85.1 Å². The molecule has 6 nitrogen and oxygen atoms in total. The Labute approximate surface area is 395 Å². The summed E-state index contributed by atoms with van der Waals surface area (Å²) in [6.07, 6.45) is 67.3. The second-order valence-corrected chi connectivity index (χ2v) is 17.4. The molecule has 0 N–H and O–H groups in total. The number of ether oxygens (including phenoxy) is 3. The lowest BCUT2D eigenvalue weighted by Crippen LogP contribution is -2.30. The molecule has 0 amide bonds. The highest BCUT2D eigenvalue weighted by Crippen LogP contribution is 2.13. The molecule has 1 unspecified atom stereocenters. The fourth-order valence-corrected chi connectivity index (χ4v) is 7.15. The van der Waals surface area contributed by atoms with Crippen LogP contribution in [0.25, 0.3) is 0 Å². The minimum atomic E-state index is -0.837. The maximum absolute atomic E-state index is 12.7. The summed E-state index contributed by atoms with van der Waals surface area (Å²) in [7, 11) is 0. The lowest BCUT2D eigenvalue weighted by atomic mass is 10.1. The molecule has 0 fully saturated rings. The standard InChI is InChI=1S/C58H98O6/c1-4-7-10-13-16-19-22-25-28-31-33-36-39-42-45-48-51-57(60)63-54-55(64-58(61)52-49-46-43-40-37-34-30-27-24-21-18-15-12-9-6-3)53-62-56(59)50-47-44-41-38-35-32-29-26-23-20-17-14-11-8-5-2/h9,12,18,21,26-31,37,40,46,49,55H,4-8,10-11,13-17,19-20,22-25,32-36,38-39,41-45,47-48,50-54H2,1-3H3/b12-9-,21-18-,29-26-,30-27-,31-28-,40-37-,49-46-. The van der Waals surface area contributed by atoms with E-state index in [1.54, 1.807) is 6.08 Å². The van der Waals surface area contributed by atoms with E-state index in [2.05, 4.69) is 93.7 Å². The molecule has 0 aliphatic rings. The molecule has 0 saturated carbocycles. The van der Waals surface area contributed by atoms with Crippen molar-refractivity contribution in [2.75, 3.05) is 13.2 Å². The Kier molecular flexibility index (Phi) is 49.4. The third-order valence-electron chi connectivity index (χ3n) is 11.1. The van der Waals surface area contributed by atoms with Gasteiger partial charge < -0.3 is 14.2 Å². The molecular weight excluding hydrogens is 793 g/mol. The number of esters is 3. The summed E-state index contributed by atoms with van der Waals surface area (Å²) in [5, 5.41) is 0. The average molecular weight is 891 g/mol. The Bertz CT molecular complexity index is 1250. The van der Waals surface area contributed by atoms with E-state index in [1.807, 2.05) is 6.08 Å². The summed E-state index contributed by atoms with van der Waals surface area (Å²) in [4.78, 5) is 38.0. The fraction of sp³-hybridized carbons (Fsp3) is 0.707. The largest absolute Gasteiger partial charge is 0.462 e. The third kappa shape index (κ3) is 49.6. The van der Waals surface area contributed by atoms with Crippen molar-refractivity contribution in [1.82, 2.24) is 0 Å². The van der Waals surface area contributed by atoms with Crippen LogP contribution in [0.3, 0.4) is 0 Å². The summed E-state index contributed by atoms with van der Waals surface area (Å²) in [6.45, 7) is 6.42. The predicted molar refractivity (Wildman–Crippen MR) is 274 cm³/mol. The van der Waals surface area contributed by atoms with Gasteiger partial charge in [-0.15, -0.1) is 0 Å². The van der Waals surface area contributed by atoms with Gasteiger partial charge in [0.25, 0.3) is 0 Å². The van der Waals surface area contributed by atoms with E-state index in [0.29, 0.717) is 12.8 Å². The van der Waals surface area contributed by atoms with Crippen LogP contribution >= 0.6 is 0 Å². The van der Waals surface area contributed by atoms with E-state index in [1.165, 1.54) is 109 Å². The topological polar surface area (TPSA) is 78.9 Å². The Hall–Kier alpha value is -3.41. The van der Waals surface area contributed by atoms with Crippen molar-refractivity contribution >= 4 is 17.9 Å². The number of carbonyl (C=O) groups is 3. The summed E-state index contributed by atoms with van der Waals surface area (Å²) < 4.78 is 16.7. The van der Waals surface area contributed by atoms with Gasteiger partial charge in [-0.3, -0.25) is 14.4 Å². The van der Waals surface area contributed by atoms with Gasteiger partial charge in [0.05, 0.1) is 6.42 Å². The van der Waals surface area contributed by atoms with Crippen LogP contribution in [0, 0.1) is 0 Å². The lowest BCUT2D eigenvalue weighted by Gasteiger charge is -2.18. The molecule has 0 aromatic carbocycles. The van der Waals surface area contributed by atoms with Gasteiger partial charge in [0.1, 0.15) is 13.2 Å². The quantitative estimate of drug-likeness (QED) is 0.0262. The van der Waals surface area contributed by atoms with Gasteiger partial charge in [0, 0.05) is 12.8 Å². The zero-order chi connectivity index (χ0) is 46.5. The molecule has 0 radical (unpaired) electrons. The highest BCUT2D eigenvalue weighted by atomic mass is 16.6. The molecule has 0 aromatic rings. The van der Waals surface area contributed by atoms with Gasteiger partial charge >= 0.3 is 17.9 Å². The first-order valence-electron chi connectivity index (χ1n) is 26.6. The van der Waals surface area contributed by atoms with Crippen LogP contribution in [0.2, 0.25) is 0 Å². The SMILES string of the molecule is CC/C=C\C/C=C\C/C=C\C/C=C\C/C=C\CC(=O)OC(COC(=O)CCCCCCC/C=C\CCCCCCCC)COC(=O)CCCCCCC/C=C\CCCCCCCCC. The van der Waals surface area contributed by atoms with E-state index in [9.17, 15) is 14.4 Å². The van der Waals surface area contributed by atoms with E-state index < -0.39 is 12.1 Å². The van der Waals surface area contributed by atoms with Crippen LogP contribution in [-0.4, -0.2) is 37.2 Å². The zero-order valence-corrected chi connectivity index (χ0v) is 41.8. The molecular formula is C58H98O6. The molecule has 0 saturated heterocycles. The highest BCUT2D eigenvalue weighted by molar-refractivity contribution is 5.72. The van der Waals surface area contributed by atoms with Gasteiger partial charge in [0.2, 0.25) is 0 Å². The molecule has 366 valence electrons. The minimum absolute atomic E-state index is 0.0931. The van der Waals surface area contributed by atoms with Gasteiger partial charge in [0.15, 0.2) is 6.10 Å². The Balaban J connectivity index is 4.52. The fourth-order valence-electron chi connectivity index (χ4n) is 7.15. The van der Waals surface area contributed by atoms with Crippen molar-refractivity contribution in [3.8, 4) is 0 Å². The second-order valence-electron chi connectivity index (χ2n) is 17.4. The van der Waals surface area contributed by atoms with Crippen molar-refractivity contribution in [1.29, 1.82) is 0 Å². The van der Waals surface area contributed by atoms with Crippen molar-refractivity contribution in [3.63, 3.8) is 0 Å². The summed E-state index contributed by atoms with van der Waals surface area (Å²) in [5.74, 6) is -1.07. The molecule has 0 aromatic heterocycles. The van der Waals surface area contributed by atoms with Crippen LogP contribution in [0.5, 0.6) is 0 Å². The molecule has 64 heavy (non-hydrogen) atoms. The van der Waals surface area contributed by atoms with Crippen LogP contribution < -0.4 is 0 Å². The first kappa shape index (κ1) is 60.6. The number of allylic oxidation sites excluding steroid dienone is 13. The van der Waals surface area contributed by atoms with E-state index in [-0.39, 0.29) is 31.6 Å². The average Bonchev–Trinajstić information content (AvgIpc) is 3.29. The monoisotopic (exact) mass is 891 g/mol. The van der Waals surface area contributed by atoms with Crippen molar-refractivity contribution in [2.45, 2.75) is 252 Å².